The van der Waals surface area contributed by atoms with Crippen LogP contribution in [0.5, 0.6) is 0 Å². The van der Waals surface area contributed by atoms with Crippen LogP contribution >= 0.6 is 12.4 Å². The Hall–Kier alpha value is -1.59. The summed E-state index contributed by atoms with van der Waals surface area (Å²) in [6.07, 6.45) is 2.15. The predicted octanol–water partition coefficient (Wildman–Crippen LogP) is 2.57. The zero-order valence-corrected chi connectivity index (χ0v) is 14.8. The summed E-state index contributed by atoms with van der Waals surface area (Å²) in [5.74, 6) is -0.288. The van der Waals surface area contributed by atoms with E-state index in [2.05, 4.69) is 5.32 Å². The number of anilines is 1. The highest BCUT2D eigenvalue weighted by Gasteiger charge is 2.21. The van der Waals surface area contributed by atoms with Gasteiger partial charge in [-0.05, 0) is 50.5 Å². The summed E-state index contributed by atoms with van der Waals surface area (Å²) in [4.78, 5) is 26.3. The first kappa shape index (κ1) is 19.5. The van der Waals surface area contributed by atoms with Crippen LogP contribution in [0.2, 0.25) is 0 Å². The van der Waals surface area contributed by atoms with Crippen LogP contribution < -0.4 is 11.1 Å². The molecule has 0 spiro atoms. The second-order valence-electron chi connectivity index (χ2n) is 6.17. The molecular formula is C17H26ClN3O2. The average Bonchev–Trinajstić information content (AvgIpc) is 3.01. The number of benzene rings is 1. The van der Waals surface area contributed by atoms with Crippen molar-refractivity contribution in [1.29, 1.82) is 0 Å². The minimum atomic E-state index is -0.259. The van der Waals surface area contributed by atoms with Crippen molar-refractivity contribution in [2.75, 3.05) is 18.4 Å². The number of nitrogens with two attached hydrogens (primary N) is 1. The topological polar surface area (TPSA) is 75.4 Å². The number of hydrogen-bond donors (Lipinski definition) is 2. The summed E-state index contributed by atoms with van der Waals surface area (Å²) in [5.41, 5.74) is 8.05. The van der Waals surface area contributed by atoms with Gasteiger partial charge in [0.25, 0.3) is 5.91 Å². The Morgan fingerprint density at radius 1 is 1.22 bits per heavy atom. The molecule has 2 amide bonds. The summed E-state index contributed by atoms with van der Waals surface area (Å²) < 4.78 is 0. The van der Waals surface area contributed by atoms with Crippen LogP contribution in [0.3, 0.4) is 0 Å². The van der Waals surface area contributed by atoms with Crippen LogP contribution in [-0.2, 0) is 4.79 Å². The lowest BCUT2D eigenvalue weighted by molar-refractivity contribution is -0.119. The van der Waals surface area contributed by atoms with Crippen LogP contribution in [0.25, 0.3) is 0 Å². The maximum Gasteiger partial charge on any atom is 0.253 e. The van der Waals surface area contributed by atoms with Crippen molar-refractivity contribution >= 4 is 29.9 Å². The molecule has 1 aliphatic rings. The summed E-state index contributed by atoms with van der Waals surface area (Å²) in [6.45, 7) is 7.19. The van der Waals surface area contributed by atoms with Crippen LogP contribution in [0, 0.1) is 12.8 Å². The van der Waals surface area contributed by atoms with Crippen LogP contribution in [0.1, 0.15) is 42.6 Å². The fourth-order valence-corrected chi connectivity index (χ4v) is 2.53. The van der Waals surface area contributed by atoms with E-state index in [-0.39, 0.29) is 36.2 Å². The molecule has 2 atom stereocenters. The van der Waals surface area contributed by atoms with Gasteiger partial charge in [0.15, 0.2) is 0 Å². The lowest BCUT2D eigenvalue weighted by Gasteiger charge is -2.18. The molecule has 23 heavy (non-hydrogen) atoms. The molecule has 1 saturated heterocycles. The van der Waals surface area contributed by atoms with E-state index < -0.39 is 0 Å². The van der Waals surface area contributed by atoms with Gasteiger partial charge in [0.2, 0.25) is 5.91 Å². The molecule has 0 saturated carbocycles. The Morgan fingerprint density at radius 3 is 2.35 bits per heavy atom. The van der Waals surface area contributed by atoms with Crippen molar-refractivity contribution in [2.45, 2.75) is 39.7 Å². The third-order valence-corrected chi connectivity index (χ3v) is 4.33. The average molecular weight is 340 g/mol. The van der Waals surface area contributed by atoms with E-state index in [9.17, 15) is 9.59 Å². The maximum absolute atomic E-state index is 12.4. The van der Waals surface area contributed by atoms with Crippen molar-refractivity contribution in [3.05, 3.63) is 29.3 Å². The zero-order chi connectivity index (χ0) is 16.3. The standard InChI is InChI=1S/C17H25N3O2.ClH/c1-11-10-14(17(22)20-8-4-5-9-20)6-7-15(11)19-16(21)12(2)13(3)18;/h6-7,10,12-13H,4-5,8-9,18H2,1-3H3,(H,19,21);1H. The lowest BCUT2D eigenvalue weighted by Crippen LogP contribution is -2.34. The highest BCUT2D eigenvalue weighted by atomic mass is 35.5. The minimum absolute atomic E-state index is 0. The van der Waals surface area contributed by atoms with Gasteiger partial charge >= 0.3 is 0 Å². The summed E-state index contributed by atoms with van der Waals surface area (Å²) in [6, 6.07) is 5.22. The van der Waals surface area contributed by atoms with Gasteiger partial charge in [0.05, 0.1) is 5.92 Å². The number of nitrogens with zero attached hydrogens (tertiary/aromatic N) is 1. The largest absolute Gasteiger partial charge is 0.339 e. The first-order valence-corrected chi connectivity index (χ1v) is 7.86. The molecule has 1 heterocycles. The Balaban J connectivity index is 0.00000264. The normalized spacial score (nSPS) is 16.4. The number of likely N-dealkylation sites (tertiary alicyclic amines) is 1. The molecule has 6 heteroatoms. The molecular weight excluding hydrogens is 314 g/mol. The number of rotatable bonds is 4. The van der Waals surface area contributed by atoms with E-state index in [1.165, 1.54) is 0 Å². The highest BCUT2D eigenvalue weighted by Crippen LogP contribution is 2.20. The molecule has 1 aliphatic heterocycles. The molecule has 0 aromatic heterocycles. The fraction of sp³-hybridized carbons (Fsp3) is 0.529. The number of hydrogen-bond acceptors (Lipinski definition) is 3. The number of halogens is 1. The second-order valence-corrected chi connectivity index (χ2v) is 6.17. The van der Waals surface area contributed by atoms with Gasteiger partial charge in [-0.25, -0.2) is 0 Å². The SMILES string of the molecule is Cc1cc(C(=O)N2CCCC2)ccc1NC(=O)C(C)C(C)N.Cl. The van der Waals surface area contributed by atoms with E-state index in [0.717, 1.165) is 37.2 Å². The maximum atomic E-state index is 12.4. The number of aryl methyl sites for hydroxylation is 1. The molecule has 0 radical (unpaired) electrons. The van der Waals surface area contributed by atoms with E-state index in [0.29, 0.717) is 5.56 Å². The summed E-state index contributed by atoms with van der Waals surface area (Å²) in [7, 11) is 0. The monoisotopic (exact) mass is 339 g/mol. The molecule has 5 nitrogen and oxygen atoms in total. The number of carbonyl (C=O) groups excluding carboxylic acids is 2. The van der Waals surface area contributed by atoms with Crippen molar-refractivity contribution in [3.63, 3.8) is 0 Å². The molecule has 1 aromatic carbocycles. The Labute approximate surface area is 144 Å². The predicted molar refractivity (Wildman–Crippen MR) is 95.0 cm³/mol. The van der Waals surface area contributed by atoms with Gasteiger partial charge in [-0.2, -0.15) is 0 Å². The van der Waals surface area contributed by atoms with E-state index >= 15 is 0 Å². The molecule has 2 unspecified atom stereocenters. The van der Waals surface area contributed by atoms with Gasteiger partial charge < -0.3 is 16.0 Å². The fourth-order valence-electron chi connectivity index (χ4n) is 2.53. The molecule has 0 bridgehead atoms. The molecule has 3 N–H and O–H groups in total. The quantitative estimate of drug-likeness (QED) is 0.885. The van der Waals surface area contributed by atoms with Crippen molar-refractivity contribution in [2.24, 2.45) is 11.7 Å². The number of carbonyl (C=O) groups is 2. The smallest absolute Gasteiger partial charge is 0.253 e. The van der Waals surface area contributed by atoms with E-state index in [1.807, 2.05) is 24.8 Å². The third kappa shape index (κ3) is 4.69. The van der Waals surface area contributed by atoms with Crippen molar-refractivity contribution in [3.8, 4) is 0 Å². The minimum Gasteiger partial charge on any atom is -0.339 e. The van der Waals surface area contributed by atoms with Crippen LogP contribution in [0.15, 0.2) is 18.2 Å². The molecule has 1 aromatic rings. The third-order valence-electron chi connectivity index (χ3n) is 4.33. The van der Waals surface area contributed by atoms with Gasteiger partial charge in [0, 0.05) is 30.4 Å². The van der Waals surface area contributed by atoms with Crippen LogP contribution in [-0.4, -0.2) is 35.8 Å². The lowest BCUT2D eigenvalue weighted by atomic mass is 10.0. The molecule has 128 valence electrons. The van der Waals surface area contributed by atoms with Crippen molar-refractivity contribution in [1.82, 2.24) is 4.90 Å². The highest BCUT2D eigenvalue weighted by molar-refractivity contribution is 5.97. The summed E-state index contributed by atoms with van der Waals surface area (Å²) in [5, 5.41) is 2.88. The number of amides is 2. The molecule has 2 rings (SSSR count). The van der Waals surface area contributed by atoms with Gasteiger partial charge in [0.1, 0.15) is 0 Å². The first-order chi connectivity index (χ1) is 10.4. The number of nitrogens with one attached hydrogen (secondary N) is 1. The van der Waals surface area contributed by atoms with Gasteiger partial charge in [-0.3, -0.25) is 9.59 Å². The zero-order valence-electron chi connectivity index (χ0n) is 14.0. The second kappa shape index (κ2) is 8.31. The molecule has 0 aliphatic carbocycles. The first-order valence-electron chi connectivity index (χ1n) is 7.86. The Kier molecular flexibility index (Phi) is 7.03. The Morgan fingerprint density at radius 2 is 1.83 bits per heavy atom. The Bertz CT molecular complexity index is 569. The van der Waals surface area contributed by atoms with Crippen LogP contribution in [0.4, 0.5) is 5.69 Å². The van der Waals surface area contributed by atoms with Crippen molar-refractivity contribution < 1.29 is 9.59 Å². The van der Waals surface area contributed by atoms with E-state index in [1.54, 1.807) is 19.1 Å². The van der Waals surface area contributed by atoms with E-state index in [4.69, 9.17) is 5.73 Å². The van der Waals surface area contributed by atoms with Gasteiger partial charge in [-0.1, -0.05) is 6.92 Å². The molecule has 1 fully saturated rings. The van der Waals surface area contributed by atoms with Gasteiger partial charge in [-0.15, -0.1) is 12.4 Å². The summed E-state index contributed by atoms with van der Waals surface area (Å²) >= 11 is 0.